The predicted molar refractivity (Wildman–Crippen MR) is 60.6 cm³/mol. The van der Waals surface area contributed by atoms with E-state index < -0.39 is 0 Å². The van der Waals surface area contributed by atoms with Crippen LogP contribution in [0.15, 0.2) is 24.5 Å². The van der Waals surface area contributed by atoms with Gasteiger partial charge in [0.05, 0.1) is 17.9 Å². The summed E-state index contributed by atoms with van der Waals surface area (Å²) in [5.41, 5.74) is 0.739. The fraction of sp³-hybridized carbons (Fsp3) is 0.455. The molecule has 0 saturated carbocycles. The minimum absolute atomic E-state index is 0.00972. The maximum absolute atomic E-state index is 11.8. The SMILES string of the molecule is CCC(C(=O)Nc1cccnc1)N(C)C. The Morgan fingerprint density at radius 1 is 1.60 bits per heavy atom. The van der Waals surface area contributed by atoms with Crippen LogP contribution in [0.5, 0.6) is 0 Å². The van der Waals surface area contributed by atoms with Crippen LogP contribution in [0, 0.1) is 0 Å². The van der Waals surface area contributed by atoms with Gasteiger partial charge in [-0.2, -0.15) is 0 Å². The number of likely N-dealkylation sites (N-methyl/N-ethyl adjacent to an activating group) is 1. The van der Waals surface area contributed by atoms with Crippen LogP contribution in [0.25, 0.3) is 0 Å². The lowest BCUT2D eigenvalue weighted by molar-refractivity contribution is -0.120. The Labute approximate surface area is 90.3 Å². The van der Waals surface area contributed by atoms with Gasteiger partial charge in [0.2, 0.25) is 5.91 Å². The van der Waals surface area contributed by atoms with Gasteiger partial charge < -0.3 is 5.32 Å². The number of nitrogens with zero attached hydrogens (tertiary/aromatic N) is 2. The molecule has 1 amide bonds. The topological polar surface area (TPSA) is 45.2 Å². The lowest BCUT2D eigenvalue weighted by Crippen LogP contribution is -2.39. The molecule has 0 fully saturated rings. The Kier molecular flexibility index (Phi) is 4.24. The molecule has 0 aromatic carbocycles. The fourth-order valence-corrected chi connectivity index (χ4v) is 1.45. The first kappa shape index (κ1) is 11.7. The average molecular weight is 207 g/mol. The summed E-state index contributed by atoms with van der Waals surface area (Å²) in [6.45, 7) is 1.99. The molecule has 82 valence electrons. The molecule has 0 radical (unpaired) electrons. The highest BCUT2D eigenvalue weighted by molar-refractivity contribution is 5.94. The highest BCUT2D eigenvalue weighted by Crippen LogP contribution is 2.06. The third kappa shape index (κ3) is 3.32. The number of aromatic nitrogens is 1. The summed E-state index contributed by atoms with van der Waals surface area (Å²) in [7, 11) is 3.80. The van der Waals surface area contributed by atoms with Crippen LogP contribution in [0.3, 0.4) is 0 Å². The number of amides is 1. The maximum atomic E-state index is 11.8. The van der Waals surface area contributed by atoms with Crippen molar-refractivity contribution in [2.45, 2.75) is 19.4 Å². The van der Waals surface area contributed by atoms with Gasteiger partial charge in [-0.3, -0.25) is 14.7 Å². The Morgan fingerprint density at radius 3 is 2.80 bits per heavy atom. The molecule has 4 nitrogen and oxygen atoms in total. The van der Waals surface area contributed by atoms with E-state index in [2.05, 4.69) is 10.3 Å². The van der Waals surface area contributed by atoms with Crippen LogP contribution < -0.4 is 5.32 Å². The summed E-state index contributed by atoms with van der Waals surface area (Å²) >= 11 is 0. The van der Waals surface area contributed by atoms with E-state index in [1.54, 1.807) is 18.5 Å². The Bertz CT molecular complexity index is 311. The highest BCUT2D eigenvalue weighted by Gasteiger charge is 2.18. The van der Waals surface area contributed by atoms with E-state index in [0.29, 0.717) is 0 Å². The molecule has 0 saturated heterocycles. The minimum Gasteiger partial charge on any atom is -0.323 e. The Morgan fingerprint density at radius 2 is 2.33 bits per heavy atom. The van der Waals surface area contributed by atoms with Gasteiger partial charge in [-0.25, -0.2) is 0 Å². The summed E-state index contributed by atoms with van der Waals surface area (Å²) in [5, 5.41) is 2.83. The third-order valence-corrected chi connectivity index (χ3v) is 2.24. The molecule has 0 bridgehead atoms. The van der Waals surface area contributed by atoms with Crippen LogP contribution in [0.4, 0.5) is 5.69 Å². The number of hydrogen-bond donors (Lipinski definition) is 1. The van der Waals surface area contributed by atoms with Gasteiger partial charge in [0, 0.05) is 6.20 Å². The first-order valence-electron chi connectivity index (χ1n) is 5.02. The molecule has 1 unspecified atom stereocenters. The molecular weight excluding hydrogens is 190 g/mol. The van der Waals surface area contributed by atoms with E-state index in [1.807, 2.05) is 32.0 Å². The zero-order valence-corrected chi connectivity index (χ0v) is 9.40. The van der Waals surface area contributed by atoms with Gasteiger partial charge >= 0.3 is 0 Å². The van der Waals surface area contributed by atoms with Crippen molar-refractivity contribution in [2.24, 2.45) is 0 Å². The molecule has 1 atom stereocenters. The molecule has 0 aliphatic rings. The van der Waals surface area contributed by atoms with Crippen LogP contribution in [0.1, 0.15) is 13.3 Å². The number of nitrogens with one attached hydrogen (secondary N) is 1. The minimum atomic E-state index is -0.0924. The van der Waals surface area contributed by atoms with E-state index in [-0.39, 0.29) is 11.9 Å². The fourth-order valence-electron chi connectivity index (χ4n) is 1.45. The second kappa shape index (κ2) is 5.46. The Balaban J connectivity index is 2.62. The monoisotopic (exact) mass is 207 g/mol. The molecule has 15 heavy (non-hydrogen) atoms. The van der Waals surface area contributed by atoms with Crippen molar-refractivity contribution in [1.82, 2.24) is 9.88 Å². The lowest BCUT2D eigenvalue weighted by Gasteiger charge is -2.21. The Hall–Kier alpha value is -1.42. The van der Waals surface area contributed by atoms with Crippen LogP contribution in [-0.2, 0) is 4.79 Å². The standard InChI is InChI=1S/C11H17N3O/c1-4-10(14(2)3)11(15)13-9-6-5-7-12-8-9/h5-8,10H,4H2,1-3H3,(H,13,15). The number of rotatable bonds is 4. The van der Waals surface area contributed by atoms with E-state index >= 15 is 0 Å². The molecule has 1 aromatic heterocycles. The maximum Gasteiger partial charge on any atom is 0.241 e. The molecule has 4 heteroatoms. The van der Waals surface area contributed by atoms with Gasteiger partial charge in [0.15, 0.2) is 0 Å². The third-order valence-electron chi connectivity index (χ3n) is 2.24. The summed E-state index contributed by atoms with van der Waals surface area (Å²) in [6, 6.07) is 3.53. The summed E-state index contributed by atoms with van der Waals surface area (Å²) < 4.78 is 0. The first-order valence-corrected chi connectivity index (χ1v) is 5.02. The summed E-state index contributed by atoms with van der Waals surface area (Å²) in [4.78, 5) is 17.7. The van der Waals surface area contributed by atoms with Crippen LogP contribution >= 0.6 is 0 Å². The van der Waals surface area contributed by atoms with Gasteiger partial charge in [0.1, 0.15) is 0 Å². The second-order valence-electron chi connectivity index (χ2n) is 3.62. The van der Waals surface area contributed by atoms with E-state index in [4.69, 9.17) is 0 Å². The van der Waals surface area contributed by atoms with Gasteiger partial charge in [0.25, 0.3) is 0 Å². The van der Waals surface area contributed by atoms with Crippen molar-refractivity contribution >= 4 is 11.6 Å². The first-order chi connectivity index (χ1) is 7.15. The molecule has 1 rings (SSSR count). The molecule has 1 heterocycles. The van der Waals surface area contributed by atoms with E-state index in [1.165, 1.54) is 0 Å². The predicted octanol–water partition coefficient (Wildman–Crippen LogP) is 1.36. The molecule has 0 aliphatic carbocycles. The number of hydrogen-bond acceptors (Lipinski definition) is 3. The van der Waals surface area contributed by atoms with Crippen molar-refractivity contribution in [3.8, 4) is 0 Å². The quantitative estimate of drug-likeness (QED) is 0.810. The van der Waals surface area contributed by atoms with Crippen molar-refractivity contribution < 1.29 is 4.79 Å². The number of anilines is 1. The smallest absolute Gasteiger partial charge is 0.241 e. The zero-order chi connectivity index (χ0) is 11.3. The molecule has 1 aromatic rings. The average Bonchev–Trinajstić information content (AvgIpc) is 2.19. The van der Waals surface area contributed by atoms with Crippen molar-refractivity contribution in [2.75, 3.05) is 19.4 Å². The summed E-state index contributed by atoms with van der Waals surface area (Å²) in [6.07, 6.45) is 4.11. The van der Waals surface area contributed by atoms with Gasteiger partial charge in [-0.15, -0.1) is 0 Å². The van der Waals surface area contributed by atoms with Crippen molar-refractivity contribution in [3.05, 3.63) is 24.5 Å². The molecule has 1 N–H and O–H groups in total. The number of carbonyl (C=O) groups is 1. The van der Waals surface area contributed by atoms with Crippen LogP contribution in [-0.4, -0.2) is 35.9 Å². The lowest BCUT2D eigenvalue weighted by atomic mass is 10.2. The summed E-state index contributed by atoms with van der Waals surface area (Å²) in [5.74, 6) is 0.00972. The highest BCUT2D eigenvalue weighted by atomic mass is 16.2. The van der Waals surface area contributed by atoms with Crippen LogP contribution in [0.2, 0.25) is 0 Å². The van der Waals surface area contributed by atoms with E-state index in [0.717, 1.165) is 12.1 Å². The normalized spacial score (nSPS) is 12.5. The van der Waals surface area contributed by atoms with Crippen molar-refractivity contribution in [3.63, 3.8) is 0 Å². The molecule has 0 aliphatic heterocycles. The van der Waals surface area contributed by atoms with Gasteiger partial charge in [-0.05, 0) is 32.6 Å². The number of carbonyl (C=O) groups excluding carboxylic acids is 1. The molecule has 0 spiro atoms. The largest absolute Gasteiger partial charge is 0.323 e. The zero-order valence-electron chi connectivity index (χ0n) is 9.40. The van der Waals surface area contributed by atoms with Crippen molar-refractivity contribution in [1.29, 1.82) is 0 Å². The second-order valence-corrected chi connectivity index (χ2v) is 3.62. The van der Waals surface area contributed by atoms with Gasteiger partial charge in [-0.1, -0.05) is 6.92 Å². The van der Waals surface area contributed by atoms with E-state index in [9.17, 15) is 4.79 Å². The molecular formula is C11H17N3O. The number of pyridine rings is 1.